The summed E-state index contributed by atoms with van der Waals surface area (Å²) in [5, 5.41) is 2.91. The first-order valence-corrected chi connectivity index (χ1v) is 8.35. The normalized spacial score (nSPS) is 26.2. The van der Waals surface area contributed by atoms with E-state index < -0.39 is 21.4 Å². The largest absolute Gasteiger partial charge is 0.376 e. The van der Waals surface area contributed by atoms with Gasteiger partial charge in [-0.25, -0.2) is 17.5 Å². The summed E-state index contributed by atoms with van der Waals surface area (Å²) in [5.41, 5.74) is -0.00950. The van der Waals surface area contributed by atoms with Gasteiger partial charge in [-0.2, -0.15) is 0 Å². The number of hydrogen-bond donors (Lipinski definition) is 2. The Kier molecular flexibility index (Phi) is 4.67. The molecule has 118 valence electrons. The molecular weight excluding hydrogens is 295 g/mol. The smallest absolute Gasteiger partial charge is 0.244 e. The summed E-state index contributed by atoms with van der Waals surface area (Å²) >= 11 is 0. The maximum atomic E-state index is 13.9. The van der Waals surface area contributed by atoms with Crippen LogP contribution >= 0.6 is 0 Å². The molecule has 2 N–H and O–H groups in total. The van der Waals surface area contributed by atoms with Crippen LogP contribution in [0.25, 0.3) is 0 Å². The van der Waals surface area contributed by atoms with Gasteiger partial charge in [-0.3, -0.25) is 0 Å². The van der Waals surface area contributed by atoms with Crippen molar-refractivity contribution in [3.8, 4) is 0 Å². The third kappa shape index (κ3) is 3.42. The highest BCUT2D eigenvalue weighted by Crippen LogP contribution is 2.28. The average Bonchev–Trinajstić information content (AvgIpc) is 2.71. The van der Waals surface area contributed by atoms with Crippen molar-refractivity contribution in [2.24, 2.45) is 0 Å². The highest BCUT2D eigenvalue weighted by atomic mass is 32.2. The Morgan fingerprint density at radius 3 is 2.76 bits per heavy atom. The van der Waals surface area contributed by atoms with Crippen LogP contribution in [0.15, 0.2) is 23.1 Å². The number of sulfonamides is 1. The lowest BCUT2D eigenvalue weighted by Gasteiger charge is -2.28. The Balaban J connectivity index is 2.33. The number of nitrogens with one attached hydrogen (secondary N) is 2. The molecule has 7 heteroatoms. The lowest BCUT2D eigenvalue weighted by Crippen LogP contribution is -2.50. The molecule has 2 atom stereocenters. The Hall–Kier alpha value is -1.02. The van der Waals surface area contributed by atoms with Crippen LogP contribution in [0.2, 0.25) is 0 Å². The molecule has 1 aromatic rings. The SMILES string of the molecule is CNCc1ccc(F)c(S(=O)(=O)NC2(C)CCOC2C)c1. The zero-order valence-corrected chi connectivity index (χ0v) is 13.3. The van der Waals surface area contributed by atoms with Crippen LogP contribution in [0.3, 0.4) is 0 Å². The van der Waals surface area contributed by atoms with E-state index in [1.54, 1.807) is 20.0 Å². The number of ether oxygens (including phenoxy) is 1. The molecule has 0 spiro atoms. The number of rotatable bonds is 5. The second kappa shape index (κ2) is 6.00. The van der Waals surface area contributed by atoms with Crippen LogP contribution < -0.4 is 10.0 Å². The van der Waals surface area contributed by atoms with E-state index >= 15 is 0 Å². The third-order valence-corrected chi connectivity index (χ3v) is 5.55. The van der Waals surface area contributed by atoms with Gasteiger partial charge in [-0.05, 0) is 45.0 Å². The first kappa shape index (κ1) is 16.4. The second-order valence-corrected chi connectivity index (χ2v) is 7.23. The van der Waals surface area contributed by atoms with Crippen molar-refractivity contribution in [3.63, 3.8) is 0 Å². The van der Waals surface area contributed by atoms with Gasteiger partial charge in [-0.1, -0.05) is 6.07 Å². The first-order valence-electron chi connectivity index (χ1n) is 6.87. The topological polar surface area (TPSA) is 67.4 Å². The lowest BCUT2D eigenvalue weighted by atomic mass is 9.97. The van der Waals surface area contributed by atoms with Crippen LogP contribution in [0, 0.1) is 5.82 Å². The Labute approximate surface area is 124 Å². The Morgan fingerprint density at radius 1 is 1.48 bits per heavy atom. The summed E-state index contributed by atoms with van der Waals surface area (Å²) in [6, 6.07) is 4.10. The van der Waals surface area contributed by atoms with Crippen molar-refractivity contribution in [3.05, 3.63) is 29.6 Å². The van der Waals surface area contributed by atoms with Crippen molar-refractivity contribution in [1.29, 1.82) is 0 Å². The highest BCUT2D eigenvalue weighted by Gasteiger charge is 2.41. The summed E-state index contributed by atoms with van der Waals surface area (Å²) < 4.78 is 46.9. The second-order valence-electron chi connectivity index (χ2n) is 5.58. The molecule has 0 bridgehead atoms. The molecule has 21 heavy (non-hydrogen) atoms. The fourth-order valence-electron chi connectivity index (χ4n) is 2.40. The van der Waals surface area contributed by atoms with Gasteiger partial charge >= 0.3 is 0 Å². The van der Waals surface area contributed by atoms with Crippen LogP contribution in [-0.4, -0.2) is 33.7 Å². The molecule has 1 aliphatic rings. The van der Waals surface area contributed by atoms with E-state index in [4.69, 9.17) is 4.74 Å². The van der Waals surface area contributed by atoms with Gasteiger partial charge in [0.15, 0.2) is 0 Å². The molecule has 1 fully saturated rings. The number of hydrogen-bond acceptors (Lipinski definition) is 4. The first-order chi connectivity index (χ1) is 9.78. The zero-order valence-electron chi connectivity index (χ0n) is 12.4. The van der Waals surface area contributed by atoms with Gasteiger partial charge in [0.05, 0.1) is 11.6 Å². The van der Waals surface area contributed by atoms with Gasteiger partial charge in [-0.15, -0.1) is 0 Å². The maximum absolute atomic E-state index is 13.9. The summed E-state index contributed by atoms with van der Waals surface area (Å²) in [6.45, 7) is 4.54. The van der Waals surface area contributed by atoms with Crippen molar-refractivity contribution in [2.75, 3.05) is 13.7 Å². The van der Waals surface area contributed by atoms with Crippen molar-refractivity contribution in [2.45, 2.75) is 43.4 Å². The molecular formula is C14H21FN2O3S. The summed E-state index contributed by atoms with van der Waals surface area (Å²) in [7, 11) is -2.19. The van der Waals surface area contributed by atoms with E-state index in [2.05, 4.69) is 10.0 Å². The summed E-state index contributed by atoms with van der Waals surface area (Å²) in [4.78, 5) is -0.324. The average molecular weight is 316 g/mol. The molecule has 2 rings (SSSR count). The number of halogens is 1. The fraction of sp³-hybridized carbons (Fsp3) is 0.571. The third-order valence-electron chi connectivity index (χ3n) is 3.92. The van der Waals surface area contributed by atoms with E-state index in [0.717, 1.165) is 0 Å². The zero-order chi connectivity index (χ0) is 15.7. The molecule has 0 radical (unpaired) electrons. The van der Waals surface area contributed by atoms with Crippen molar-refractivity contribution in [1.82, 2.24) is 10.0 Å². The Bertz CT molecular complexity index is 621. The summed E-state index contributed by atoms with van der Waals surface area (Å²) in [6.07, 6.45) is 0.307. The molecule has 2 unspecified atom stereocenters. The molecule has 0 aliphatic carbocycles. The van der Waals surface area contributed by atoms with Gasteiger partial charge < -0.3 is 10.1 Å². The van der Waals surface area contributed by atoms with E-state index in [9.17, 15) is 12.8 Å². The van der Waals surface area contributed by atoms with E-state index in [1.165, 1.54) is 12.1 Å². The fourth-order valence-corrected chi connectivity index (χ4v) is 4.02. The summed E-state index contributed by atoms with van der Waals surface area (Å²) in [5.74, 6) is -0.752. The maximum Gasteiger partial charge on any atom is 0.244 e. The predicted octanol–water partition coefficient (Wildman–Crippen LogP) is 1.39. The molecule has 0 saturated carbocycles. The molecule has 1 heterocycles. The molecule has 1 aromatic carbocycles. The molecule has 0 amide bonds. The minimum atomic E-state index is -3.94. The highest BCUT2D eigenvalue weighted by molar-refractivity contribution is 7.89. The predicted molar refractivity (Wildman–Crippen MR) is 77.9 cm³/mol. The van der Waals surface area contributed by atoms with Gasteiger partial charge in [0.25, 0.3) is 0 Å². The minimum absolute atomic E-state index is 0.254. The van der Waals surface area contributed by atoms with Crippen LogP contribution in [0.4, 0.5) is 4.39 Å². The van der Waals surface area contributed by atoms with Crippen molar-refractivity contribution < 1.29 is 17.5 Å². The van der Waals surface area contributed by atoms with Crippen LogP contribution in [-0.2, 0) is 21.3 Å². The van der Waals surface area contributed by atoms with E-state index in [1.807, 2.05) is 6.92 Å². The molecule has 0 aromatic heterocycles. The Morgan fingerprint density at radius 2 is 2.19 bits per heavy atom. The number of benzene rings is 1. The van der Waals surface area contributed by atoms with E-state index in [-0.39, 0.29) is 11.0 Å². The molecule has 1 aliphatic heterocycles. The minimum Gasteiger partial charge on any atom is -0.376 e. The molecule has 5 nitrogen and oxygen atoms in total. The van der Waals surface area contributed by atoms with Crippen molar-refractivity contribution >= 4 is 10.0 Å². The van der Waals surface area contributed by atoms with E-state index in [0.29, 0.717) is 25.1 Å². The standard InChI is InChI=1S/C14H21FN2O3S/c1-10-14(2,6-7-20-10)17-21(18,19)13-8-11(9-16-3)4-5-12(13)15/h4-5,8,10,16-17H,6-7,9H2,1-3H3. The quantitative estimate of drug-likeness (QED) is 0.861. The van der Waals surface area contributed by atoms with Crippen LogP contribution in [0.5, 0.6) is 0 Å². The molecule has 1 saturated heterocycles. The van der Waals surface area contributed by atoms with Gasteiger partial charge in [0, 0.05) is 13.2 Å². The lowest BCUT2D eigenvalue weighted by molar-refractivity contribution is 0.0957. The van der Waals surface area contributed by atoms with Gasteiger partial charge in [0.2, 0.25) is 10.0 Å². The monoisotopic (exact) mass is 316 g/mol. The van der Waals surface area contributed by atoms with Gasteiger partial charge in [0.1, 0.15) is 10.7 Å². The van der Waals surface area contributed by atoms with Crippen LogP contribution in [0.1, 0.15) is 25.8 Å².